The summed E-state index contributed by atoms with van der Waals surface area (Å²) < 4.78 is 43.2. The molecule has 132 valence electrons. The van der Waals surface area contributed by atoms with Crippen LogP contribution in [-0.4, -0.2) is 24.3 Å². The van der Waals surface area contributed by atoms with Gasteiger partial charge in [0.15, 0.2) is 0 Å². The van der Waals surface area contributed by atoms with Crippen molar-refractivity contribution in [3.8, 4) is 11.1 Å². The number of ether oxygens (including phenoxy) is 1. The van der Waals surface area contributed by atoms with Crippen molar-refractivity contribution in [2.75, 3.05) is 13.2 Å². The van der Waals surface area contributed by atoms with Crippen molar-refractivity contribution >= 4 is 5.97 Å². The van der Waals surface area contributed by atoms with Crippen LogP contribution >= 0.6 is 0 Å². The molecule has 2 aromatic rings. The SMILES string of the molecule is O=C(O)C1(c2ccc(-c3ccc(C(F)(F)F)cc3)cc2)CCOCC1. The van der Waals surface area contributed by atoms with Crippen molar-refractivity contribution in [1.82, 2.24) is 0 Å². The van der Waals surface area contributed by atoms with E-state index >= 15 is 0 Å². The van der Waals surface area contributed by atoms with Gasteiger partial charge in [-0.3, -0.25) is 4.79 Å². The minimum atomic E-state index is -4.36. The topological polar surface area (TPSA) is 46.5 Å². The molecule has 1 aliphatic rings. The standard InChI is InChI=1S/C19H17F3O3/c20-19(21,22)16-7-3-14(4-8-16)13-1-5-15(6-2-13)18(17(23)24)9-11-25-12-10-18/h1-8H,9-12H2,(H,23,24). The van der Waals surface area contributed by atoms with Crippen LogP contribution in [0.15, 0.2) is 48.5 Å². The molecular formula is C19H17F3O3. The van der Waals surface area contributed by atoms with Crippen LogP contribution in [-0.2, 0) is 21.1 Å². The Kier molecular flexibility index (Phi) is 4.56. The number of carboxylic acid groups (broad SMARTS) is 1. The Labute approximate surface area is 143 Å². The number of hydrogen-bond donors (Lipinski definition) is 1. The minimum absolute atomic E-state index is 0.396. The van der Waals surface area contributed by atoms with Gasteiger partial charge in [0.05, 0.1) is 11.0 Å². The van der Waals surface area contributed by atoms with E-state index in [1.807, 2.05) is 0 Å². The molecule has 25 heavy (non-hydrogen) atoms. The van der Waals surface area contributed by atoms with Crippen molar-refractivity contribution in [3.05, 3.63) is 59.7 Å². The number of carboxylic acids is 1. The predicted molar refractivity (Wildman–Crippen MR) is 86.2 cm³/mol. The molecule has 1 fully saturated rings. The van der Waals surface area contributed by atoms with Crippen LogP contribution in [0.4, 0.5) is 13.2 Å². The molecule has 0 saturated carbocycles. The number of hydrogen-bond acceptors (Lipinski definition) is 2. The lowest BCUT2D eigenvalue weighted by Crippen LogP contribution is -2.41. The van der Waals surface area contributed by atoms with Gasteiger partial charge in [-0.05, 0) is 41.7 Å². The molecule has 0 aromatic heterocycles. The van der Waals surface area contributed by atoms with E-state index in [1.165, 1.54) is 12.1 Å². The van der Waals surface area contributed by atoms with Crippen LogP contribution < -0.4 is 0 Å². The van der Waals surface area contributed by atoms with Crippen LogP contribution in [0.3, 0.4) is 0 Å². The van der Waals surface area contributed by atoms with E-state index in [2.05, 4.69) is 0 Å². The molecule has 1 aliphatic heterocycles. The number of halogens is 3. The lowest BCUT2D eigenvalue weighted by atomic mass is 9.74. The van der Waals surface area contributed by atoms with Crippen molar-refractivity contribution in [2.24, 2.45) is 0 Å². The first kappa shape index (κ1) is 17.5. The highest BCUT2D eigenvalue weighted by Crippen LogP contribution is 2.36. The molecule has 3 nitrogen and oxygen atoms in total. The second kappa shape index (κ2) is 6.52. The fraction of sp³-hybridized carbons (Fsp3) is 0.316. The smallest absolute Gasteiger partial charge is 0.416 e. The third-order valence-corrected chi connectivity index (χ3v) is 4.74. The van der Waals surface area contributed by atoms with E-state index in [4.69, 9.17) is 4.74 Å². The number of carbonyl (C=O) groups is 1. The van der Waals surface area contributed by atoms with Gasteiger partial charge in [-0.25, -0.2) is 0 Å². The summed E-state index contributed by atoms with van der Waals surface area (Å²) in [4.78, 5) is 11.8. The molecule has 1 saturated heterocycles. The quantitative estimate of drug-likeness (QED) is 0.886. The van der Waals surface area contributed by atoms with Crippen LogP contribution in [0.2, 0.25) is 0 Å². The number of aliphatic carboxylic acids is 1. The molecule has 2 aromatic carbocycles. The largest absolute Gasteiger partial charge is 0.481 e. The summed E-state index contributed by atoms with van der Waals surface area (Å²) in [7, 11) is 0. The molecule has 3 rings (SSSR count). The van der Waals surface area contributed by atoms with E-state index < -0.39 is 23.1 Å². The van der Waals surface area contributed by atoms with E-state index in [-0.39, 0.29) is 0 Å². The molecule has 0 bridgehead atoms. The Morgan fingerprint density at radius 1 is 0.920 bits per heavy atom. The van der Waals surface area contributed by atoms with Crippen molar-refractivity contribution < 1.29 is 27.8 Å². The van der Waals surface area contributed by atoms with Gasteiger partial charge < -0.3 is 9.84 Å². The first-order chi connectivity index (χ1) is 11.8. The van der Waals surface area contributed by atoms with Crippen molar-refractivity contribution in [2.45, 2.75) is 24.4 Å². The van der Waals surface area contributed by atoms with E-state index in [1.54, 1.807) is 24.3 Å². The Bertz CT molecular complexity index is 743. The summed E-state index contributed by atoms with van der Waals surface area (Å²) in [6.45, 7) is 0.792. The maximum Gasteiger partial charge on any atom is 0.416 e. The summed E-state index contributed by atoms with van der Waals surface area (Å²) in [5, 5.41) is 9.67. The third kappa shape index (κ3) is 3.39. The van der Waals surface area contributed by atoms with Crippen LogP contribution in [0.25, 0.3) is 11.1 Å². The molecule has 6 heteroatoms. The average molecular weight is 350 g/mol. The zero-order valence-corrected chi connectivity index (χ0v) is 13.3. The monoisotopic (exact) mass is 350 g/mol. The summed E-state index contributed by atoms with van der Waals surface area (Å²) in [5.41, 5.74) is 0.427. The maximum absolute atomic E-state index is 12.6. The average Bonchev–Trinajstić information content (AvgIpc) is 2.62. The van der Waals surface area contributed by atoms with E-state index in [0.29, 0.717) is 37.2 Å². The number of alkyl halides is 3. The molecule has 0 radical (unpaired) electrons. The summed E-state index contributed by atoms with van der Waals surface area (Å²) in [5.74, 6) is -0.877. The van der Waals surface area contributed by atoms with Gasteiger partial charge in [-0.15, -0.1) is 0 Å². The Balaban J connectivity index is 1.88. The Hall–Kier alpha value is -2.34. The Morgan fingerprint density at radius 2 is 1.40 bits per heavy atom. The molecule has 0 amide bonds. The first-order valence-corrected chi connectivity index (χ1v) is 7.92. The minimum Gasteiger partial charge on any atom is -0.481 e. The van der Waals surface area contributed by atoms with Gasteiger partial charge in [0, 0.05) is 13.2 Å². The van der Waals surface area contributed by atoms with E-state index in [0.717, 1.165) is 17.7 Å². The van der Waals surface area contributed by atoms with E-state index in [9.17, 15) is 23.1 Å². The van der Waals surface area contributed by atoms with Crippen LogP contribution in [0.5, 0.6) is 0 Å². The molecule has 0 unspecified atom stereocenters. The summed E-state index contributed by atoms with van der Waals surface area (Å²) in [6.07, 6.45) is -3.55. The van der Waals surface area contributed by atoms with Gasteiger partial charge in [0.1, 0.15) is 0 Å². The molecule has 0 atom stereocenters. The lowest BCUT2D eigenvalue weighted by Gasteiger charge is -2.33. The van der Waals surface area contributed by atoms with Gasteiger partial charge in [0.2, 0.25) is 0 Å². The summed E-state index contributed by atoms with van der Waals surface area (Å²) >= 11 is 0. The van der Waals surface area contributed by atoms with Gasteiger partial charge >= 0.3 is 12.1 Å². The molecular weight excluding hydrogens is 333 g/mol. The molecule has 0 aliphatic carbocycles. The molecule has 1 heterocycles. The zero-order chi connectivity index (χ0) is 18.1. The lowest BCUT2D eigenvalue weighted by molar-refractivity contribution is -0.147. The number of benzene rings is 2. The highest BCUT2D eigenvalue weighted by atomic mass is 19.4. The Morgan fingerprint density at radius 3 is 1.84 bits per heavy atom. The van der Waals surface area contributed by atoms with Crippen molar-refractivity contribution in [3.63, 3.8) is 0 Å². The number of rotatable bonds is 3. The fourth-order valence-electron chi connectivity index (χ4n) is 3.18. The highest BCUT2D eigenvalue weighted by molar-refractivity contribution is 5.82. The van der Waals surface area contributed by atoms with Crippen LogP contribution in [0, 0.1) is 0 Å². The second-order valence-corrected chi connectivity index (χ2v) is 6.15. The van der Waals surface area contributed by atoms with Gasteiger partial charge in [-0.2, -0.15) is 13.2 Å². The second-order valence-electron chi connectivity index (χ2n) is 6.15. The normalized spacial score (nSPS) is 17.2. The zero-order valence-electron chi connectivity index (χ0n) is 13.3. The molecule has 0 spiro atoms. The maximum atomic E-state index is 12.6. The third-order valence-electron chi connectivity index (χ3n) is 4.74. The first-order valence-electron chi connectivity index (χ1n) is 7.92. The predicted octanol–water partition coefficient (Wildman–Crippen LogP) is 4.51. The summed E-state index contributed by atoms with van der Waals surface area (Å²) in [6, 6.07) is 11.9. The van der Waals surface area contributed by atoms with Crippen LogP contribution in [0.1, 0.15) is 24.0 Å². The van der Waals surface area contributed by atoms with Crippen molar-refractivity contribution in [1.29, 1.82) is 0 Å². The van der Waals surface area contributed by atoms with Gasteiger partial charge in [-0.1, -0.05) is 36.4 Å². The molecule has 1 N–H and O–H groups in total. The highest BCUT2D eigenvalue weighted by Gasteiger charge is 2.41. The fourth-order valence-corrected chi connectivity index (χ4v) is 3.18. The van der Waals surface area contributed by atoms with Gasteiger partial charge in [0.25, 0.3) is 0 Å².